The van der Waals surface area contributed by atoms with Crippen molar-refractivity contribution < 1.29 is 4.74 Å². The van der Waals surface area contributed by atoms with E-state index in [1.54, 1.807) is 0 Å². The minimum absolute atomic E-state index is 0.459. The zero-order chi connectivity index (χ0) is 13.6. The van der Waals surface area contributed by atoms with E-state index in [9.17, 15) is 0 Å². The van der Waals surface area contributed by atoms with Crippen LogP contribution in [-0.2, 0) is 4.74 Å². The van der Waals surface area contributed by atoms with Gasteiger partial charge in [0, 0.05) is 32.8 Å². The van der Waals surface area contributed by atoms with Gasteiger partial charge in [-0.3, -0.25) is 4.99 Å². The topological polar surface area (TPSA) is 45.6 Å². The normalized spacial score (nSPS) is 21.7. The first-order valence-electron chi connectivity index (χ1n) is 7.48. The molecule has 19 heavy (non-hydrogen) atoms. The first-order valence-corrected chi connectivity index (χ1v) is 7.48. The number of nitrogens with zero attached hydrogens (tertiary/aromatic N) is 1. The van der Waals surface area contributed by atoms with Crippen LogP contribution in [0.4, 0.5) is 0 Å². The molecule has 4 heteroatoms. The molecule has 2 N–H and O–H groups in total. The van der Waals surface area contributed by atoms with Gasteiger partial charge in [-0.2, -0.15) is 0 Å². The van der Waals surface area contributed by atoms with Crippen molar-refractivity contribution in [3.63, 3.8) is 0 Å². The molecule has 2 rings (SSSR count). The third kappa shape index (κ3) is 4.53. The van der Waals surface area contributed by atoms with Crippen LogP contribution in [0.25, 0.3) is 0 Å². The van der Waals surface area contributed by atoms with Crippen molar-refractivity contribution in [2.75, 3.05) is 26.8 Å². The molecule has 0 atom stereocenters. The van der Waals surface area contributed by atoms with E-state index in [-0.39, 0.29) is 0 Å². The van der Waals surface area contributed by atoms with Crippen molar-refractivity contribution in [1.82, 2.24) is 10.6 Å². The molecule has 0 aromatic rings. The lowest BCUT2D eigenvalue weighted by Gasteiger charge is -2.20. The van der Waals surface area contributed by atoms with Crippen LogP contribution in [0.15, 0.2) is 17.1 Å². The van der Waals surface area contributed by atoms with Gasteiger partial charge in [-0.1, -0.05) is 12.2 Å². The van der Waals surface area contributed by atoms with Crippen molar-refractivity contribution in [3.05, 3.63) is 12.2 Å². The van der Waals surface area contributed by atoms with Gasteiger partial charge in [0.2, 0.25) is 0 Å². The zero-order valence-electron chi connectivity index (χ0n) is 12.2. The molecule has 0 heterocycles. The summed E-state index contributed by atoms with van der Waals surface area (Å²) in [7, 11) is 1.84. The van der Waals surface area contributed by atoms with Crippen molar-refractivity contribution in [2.45, 2.75) is 45.1 Å². The highest BCUT2D eigenvalue weighted by Gasteiger charge is 2.42. The van der Waals surface area contributed by atoms with Crippen LogP contribution in [0.2, 0.25) is 0 Å². The lowest BCUT2D eigenvalue weighted by Crippen LogP contribution is -2.44. The smallest absolute Gasteiger partial charge is 0.191 e. The largest absolute Gasteiger partial charge is 0.382 e. The quantitative estimate of drug-likeness (QED) is 0.321. The van der Waals surface area contributed by atoms with Crippen LogP contribution in [0.5, 0.6) is 0 Å². The Labute approximate surface area is 116 Å². The summed E-state index contributed by atoms with van der Waals surface area (Å²) in [5, 5.41) is 6.96. The molecular weight excluding hydrogens is 238 g/mol. The summed E-state index contributed by atoms with van der Waals surface area (Å²) in [4.78, 5) is 4.31. The Kier molecular flexibility index (Phi) is 5.25. The van der Waals surface area contributed by atoms with Crippen molar-refractivity contribution in [3.8, 4) is 0 Å². The third-order valence-corrected chi connectivity index (χ3v) is 4.14. The minimum Gasteiger partial charge on any atom is -0.382 e. The third-order valence-electron chi connectivity index (χ3n) is 4.14. The first-order chi connectivity index (χ1) is 9.28. The summed E-state index contributed by atoms with van der Waals surface area (Å²) in [5.41, 5.74) is 0.459. The molecule has 1 saturated carbocycles. The molecule has 0 radical (unpaired) electrons. The Bertz CT molecular complexity index is 326. The van der Waals surface area contributed by atoms with Gasteiger partial charge in [0.05, 0.1) is 0 Å². The summed E-state index contributed by atoms with van der Waals surface area (Å²) in [6.07, 6.45) is 10.5. The fourth-order valence-electron chi connectivity index (χ4n) is 2.52. The molecule has 0 amide bonds. The van der Waals surface area contributed by atoms with E-state index in [2.05, 4.69) is 34.7 Å². The number of guanidine groups is 1. The second kappa shape index (κ2) is 6.94. The Hall–Kier alpha value is -1.03. The van der Waals surface area contributed by atoms with Crippen LogP contribution in [0.3, 0.4) is 0 Å². The maximum atomic E-state index is 5.47. The standard InChI is InChI=1S/C15H27N3O/c1-3-19-11-10-15(8-9-15)12-17-14(16-2)18-13-6-4-5-7-13/h4-5,13H,3,6-12H2,1-2H3,(H2,16,17,18). The number of rotatable bonds is 7. The molecule has 0 unspecified atom stereocenters. The Morgan fingerprint density at radius 3 is 2.68 bits per heavy atom. The summed E-state index contributed by atoms with van der Waals surface area (Å²) in [5.74, 6) is 0.941. The molecule has 1 fully saturated rings. The van der Waals surface area contributed by atoms with E-state index < -0.39 is 0 Å². The molecule has 0 aromatic carbocycles. The zero-order valence-corrected chi connectivity index (χ0v) is 12.2. The van der Waals surface area contributed by atoms with E-state index in [1.807, 2.05) is 7.05 Å². The van der Waals surface area contributed by atoms with Crippen molar-refractivity contribution >= 4 is 5.96 Å². The Morgan fingerprint density at radius 1 is 1.37 bits per heavy atom. The van der Waals surface area contributed by atoms with Crippen molar-refractivity contribution in [2.24, 2.45) is 10.4 Å². The number of hydrogen-bond donors (Lipinski definition) is 2. The highest BCUT2D eigenvalue weighted by molar-refractivity contribution is 5.80. The molecular formula is C15H27N3O. The first kappa shape index (κ1) is 14.4. The lowest BCUT2D eigenvalue weighted by atomic mass is 10.0. The maximum absolute atomic E-state index is 5.47. The fraction of sp³-hybridized carbons (Fsp3) is 0.800. The second-order valence-corrected chi connectivity index (χ2v) is 5.66. The van der Waals surface area contributed by atoms with E-state index in [0.29, 0.717) is 11.5 Å². The van der Waals surface area contributed by atoms with E-state index in [4.69, 9.17) is 4.74 Å². The average Bonchev–Trinajstić information content (AvgIpc) is 3.00. The number of nitrogens with one attached hydrogen (secondary N) is 2. The number of hydrogen-bond acceptors (Lipinski definition) is 2. The molecule has 4 nitrogen and oxygen atoms in total. The summed E-state index contributed by atoms with van der Waals surface area (Å²) < 4.78 is 5.47. The van der Waals surface area contributed by atoms with Gasteiger partial charge in [0.25, 0.3) is 0 Å². The molecule has 108 valence electrons. The van der Waals surface area contributed by atoms with Gasteiger partial charge in [-0.15, -0.1) is 0 Å². The SMILES string of the molecule is CCOCCC1(CNC(=NC)NC2CC=CC2)CC1. The maximum Gasteiger partial charge on any atom is 0.191 e. The van der Waals surface area contributed by atoms with Crippen LogP contribution in [-0.4, -0.2) is 38.8 Å². The van der Waals surface area contributed by atoms with Gasteiger partial charge in [-0.05, 0) is 44.4 Å². The molecule has 2 aliphatic rings. The average molecular weight is 265 g/mol. The molecule has 0 saturated heterocycles. The lowest BCUT2D eigenvalue weighted by molar-refractivity contribution is 0.128. The summed E-state index contributed by atoms with van der Waals surface area (Å²) >= 11 is 0. The highest BCUT2D eigenvalue weighted by atomic mass is 16.5. The van der Waals surface area contributed by atoms with Gasteiger partial charge in [0.1, 0.15) is 0 Å². The predicted octanol–water partition coefficient (Wildman–Crippen LogP) is 2.08. The van der Waals surface area contributed by atoms with Gasteiger partial charge in [0.15, 0.2) is 5.96 Å². The molecule has 0 aliphatic heterocycles. The monoisotopic (exact) mass is 265 g/mol. The van der Waals surface area contributed by atoms with Crippen molar-refractivity contribution in [1.29, 1.82) is 0 Å². The number of ether oxygens (including phenoxy) is 1. The van der Waals surface area contributed by atoms with Gasteiger partial charge < -0.3 is 15.4 Å². The number of aliphatic imine (C=N–C) groups is 1. The minimum atomic E-state index is 0.459. The van der Waals surface area contributed by atoms with Crippen LogP contribution in [0.1, 0.15) is 39.0 Å². The predicted molar refractivity (Wildman–Crippen MR) is 79.4 cm³/mol. The molecule has 2 aliphatic carbocycles. The van der Waals surface area contributed by atoms with Gasteiger partial charge in [-0.25, -0.2) is 0 Å². The Morgan fingerprint density at radius 2 is 2.11 bits per heavy atom. The van der Waals surface area contributed by atoms with Gasteiger partial charge >= 0.3 is 0 Å². The molecule has 0 spiro atoms. The van der Waals surface area contributed by atoms with Crippen LogP contribution in [0, 0.1) is 5.41 Å². The molecule has 0 bridgehead atoms. The van der Waals surface area contributed by atoms with Crippen LogP contribution < -0.4 is 10.6 Å². The highest BCUT2D eigenvalue weighted by Crippen LogP contribution is 2.48. The van der Waals surface area contributed by atoms with E-state index in [0.717, 1.165) is 45.0 Å². The second-order valence-electron chi connectivity index (χ2n) is 5.66. The summed E-state index contributed by atoms with van der Waals surface area (Å²) in [6.45, 7) is 4.78. The molecule has 0 aromatic heterocycles. The fourth-order valence-corrected chi connectivity index (χ4v) is 2.52. The van der Waals surface area contributed by atoms with Crippen LogP contribution >= 0.6 is 0 Å². The van der Waals surface area contributed by atoms with E-state index in [1.165, 1.54) is 12.8 Å². The van der Waals surface area contributed by atoms with E-state index >= 15 is 0 Å². The Balaban J connectivity index is 1.68. The summed E-state index contributed by atoms with van der Waals surface area (Å²) in [6, 6.07) is 0.518.